The van der Waals surface area contributed by atoms with Crippen molar-refractivity contribution in [3.8, 4) is 0 Å². The van der Waals surface area contributed by atoms with E-state index in [1.165, 1.54) is 70.6 Å². The predicted octanol–water partition coefficient (Wildman–Crippen LogP) is 6.13. The minimum Gasteiger partial charge on any atom is -0.383 e. The molecule has 3 nitrogen and oxygen atoms in total. The molecule has 0 aliphatic rings. The van der Waals surface area contributed by atoms with E-state index in [0.717, 1.165) is 12.8 Å². The van der Waals surface area contributed by atoms with Crippen LogP contribution >= 0.6 is 0 Å². The fourth-order valence-corrected chi connectivity index (χ4v) is 3.09. The molecular formula is C22H43NO2. The van der Waals surface area contributed by atoms with Crippen LogP contribution in [-0.4, -0.2) is 37.6 Å². The van der Waals surface area contributed by atoms with Gasteiger partial charge in [0.05, 0.1) is 12.6 Å². The highest BCUT2D eigenvalue weighted by Crippen LogP contribution is 2.12. The van der Waals surface area contributed by atoms with Crippen LogP contribution in [0.5, 0.6) is 0 Å². The summed E-state index contributed by atoms with van der Waals surface area (Å²) in [7, 11) is 3.54. The summed E-state index contributed by atoms with van der Waals surface area (Å²) in [5, 5.41) is 0. The number of amides is 1. The molecular weight excluding hydrogens is 310 g/mol. The van der Waals surface area contributed by atoms with E-state index in [2.05, 4.69) is 19.1 Å². The molecule has 0 spiro atoms. The summed E-state index contributed by atoms with van der Waals surface area (Å²) < 4.78 is 5.22. The second-order valence-electron chi connectivity index (χ2n) is 7.27. The van der Waals surface area contributed by atoms with Crippen molar-refractivity contribution in [2.75, 3.05) is 20.8 Å². The summed E-state index contributed by atoms with van der Waals surface area (Å²) in [6.07, 6.45) is 21.8. The third-order valence-corrected chi connectivity index (χ3v) is 4.95. The van der Waals surface area contributed by atoms with Crippen molar-refractivity contribution in [2.45, 2.75) is 103 Å². The highest BCUT2D eigenvalue weighted by atomic mass is 16.5. The SMILES string of the molecule is CCCCCCCCCCCCC/C=C/CC(COC)N(C)C(C)=O. The molecule has 0 aromatic heterocycles. The molecule has 0 fully saturated rings. The predicted molar refractivity (Wildman–Crippen MR) is 109 cm³/mol. The Morgan fingerprint density at radius 1 is 0.920 bits per heavy atom. The average Bonchev–Trinajstić information content (AvgIpc) is 2.60. The summed E-state index contributed by atoms with van der Waals surface area (Å²) in [4.78, 5) is 13.2. The van der Waals surface area contributed by atoms with E-state index in [1.807, 2.05) is 7.05 Å². The van der Waals surface area contributed by atoms with E-state index >= 15 is 0 Å². The molecule has 0 aromatic rings. The molecule has 0 radical (unpaired) electrons. The maximum absolute atomic E-state index is 11.5. The fourth-order valence-electron chi connectivity index (χ4n) is 3.09. The Morgan fingerprint density at radius 2 is 1.44 bits per heavy atom. The average molecular weight is 354 g/mol. The van der Waals surface area contributed by atoms with Gasteiger partial charge in [-0.3, -0.25) is 4.79 Å². The third-order valence-electron chi connectivity index (χ3n) is 4.95. The lowest BCUT2D eigenvalue weighted by Gasteiger charge is -2.25. The van der Waals surface area contributed by atoms with Gasteiger partial charge in [0.2, 0.25) is 5.91 Å². The number of allylic oxidation sites excluding steroid dienone is 1. The number of unbranched alkanes of at least 4 members (excludes halogenated alkanes) is 11. The molecule has 0 saturated heterocycles. The number of ether oxygens (including phenoxy) is 1. The first kappa shape index (κ1) is 24.2. The standard InChI is InChI=1S/C22H43NO2/c1-5-6-7-8-9-10-11-12-13-14-15-16-17-18-19-22(20-25-4)23(3)21(2)24/h17-18,22H,5-16,19-20H2,1-4H3/b18-17+. The zero-order valence-electron chi connectivity index (χ0n) is 17.4. The monoisotopic (exact) mass is 353 g/mol. The number of likely N-dealkylation sites (N-methyl/N-ethyl adjacent to an activating group) is 1. The molecule has 0 aliphatic carbocycles. The number of carbonyl (C=O) groups excluding carboxylic acids is 1. The Hall–Kier alpha value is -0.830. The van der Waals surface area contributed by atoms with Crippen LogP contribution in [0.3, 0.4) is 0 Å². The number of rotatable bonds is 17. The molecule has 0 bridgehead atoms. The molecule has 148 valence electrons. The second kappa shape index (κ2) is 18.0. The number of hydrogen-bond acceptors (Lipinski definition) is 2. The smallest absolute Gasteiger partial charge is 0.219 e. The number of nitrogens with zero attached hydrogens (tertiary/aromatic N) is 1. The third kappa shape index (κ3) is 15.2. The first-order chi connectivity index (χ1) is 12.1. The molecule has 25 heavy (non-hydrogen) atoms. The molecule has 0 aromatic carbocycles. The van der Waals surface area contributed by atoms with Gasteiger partial charge in [0, 0.05) is 21.1 Å². The highest BCUT2D eigenvalue weighted by Gasteiger charge is 2.14. The number of hydrogen-bond donors (Lipinski definition) is 0. The molecule has 0 heterocycles. The molecule has 0 saturated carbocycles. The van der Waals surface area contributed by atoms with Crippen molar-refractivity contribution < 1.29 is 9.53 Å². The van der Waals surface area contributed by atoms with Crippen LogP contribution in [0.25, 0.3) is 0 Å². The van der Waals surface area contributed by atoms with Crippen LogP contribution in [0.1, 0.15) is 97.3 Å². The van der Waals surface area contributed by atoms with Crippen LogP contribution in [-0.2, 0) is 9.53 Å². The topological polar surface area (TPSA) is 29.5 Å². The van der Waals surface area contributed by atoms with Gasteiger partial charge in [-0.15, -0.1) is 0 Å². The van der Waals surface area contributed by atoms with Crippen molar-refractivity contribution in [2.24, 2.45) is 0 Å². The molecule has 1 amide bonds. The normalized spacial score (nSPS) is 12.6. The van der Waals surface area contributed by atoms with Gasteiger partial charge < -0.3 is 9.64 Å². The molecule has 0 rings (SSSR count). The van der Waals surface area contributed by atoms with Gasteiger partial charge >= 0.3 is 0 Å². The molecule has 3 heteroatoms. The van der Waals surface area contributed by atoms with E-state index in [9.17, 15) is 4.79 Å². The first-order valence-corrected chi connectivity index (χ1v) is 10.5. The minimum absolute atomic E-state index is 0.0980. The maximum atomic E-state index is 11.5. The van der Waals surface area contributed by atoms with Crippen molar-refractivity contribution in [3.63, 3.8) is 0 Å². The fraction of sp³-hybridized carbons (Fsp3) is 0.864. The first-order valence-electron chi connectivity index (χ1n) is 10.5. The summed E-state index contributed by atoms with van der Waals surface area (Å²) in [5.74, 6) is 0.0980. The lowest BCUT2D eigenvalue weighted by Crippen LogP contribution is -2.38. The molecule has 0 aliphatic heterocycles. The minimum atomic E-state index is 0.0980. The van der Waals surface area contributed by atoms with Crippen molar-refractivity contribution in [1.29, 1.82) is 0 Å². The summed E-state index contributed by atoms with van der Waals surface area (Å²) in [5.41, 5.74) is 0. The Balaban J connectivity index is 3.51. The van der Waals surface area contributed by atoms with Gasteiger partial charge in [-0.25, -0.2) is 0 Å². The summed E-state index contributed by atoms with van der Waals surface area (Å²) in [6.45, 7) is 4.48. The Morgan fingerprint density at radius 3 is 1.92 bits per heavy atom. The van der Waals surface area contributed by atoms with Crippen LogP contribution < -0.4 is 0 Å². The summed E-state index contributed by atoms with van der Waals surface area (Å²) >= 11 is 0. The quantitative estimate of drug-likeness (QED) is 0.233. The van der Waals surface area contributed by atoms with Gasteiger partial charge in [-0.2, -0.15) is 0 Å². The van der Waals surface area contributed by atoms with Crippen molar-refractivity contribution >= 4 is 5.91 Å². The van der Waals surface area contributed by atoms with Crippen LogP contribution in [0.2, 0.25) is 0 Å². The maximum Gasteiger partial charge on any atom is 0.219 e. The van der Waals surface area contributed by atoms with E-state index in [0.29, 0.717) is 6.61 Å². The van der Waals surface area contributed by atoms with Crippen LogP contribution in [0, 0.1) is 0 Å². The van der Waals surface area contributed by atoms with Gasteiger partial charge in [-0.05, 0) is 19.3 Å². The Bertz CT molecular complexity index is 328. The molecule has 0 N–H and O–H groups in total. The van der Waals surface area contributed by atoms with E-state index in [-0.39, 0.29) is 11.9 Å². The highest BCUT2D eigenvalue weighted by molar-refractivity contribution is 5.73. The van der Waals surface area contributed by atoms with Crippen LogP contribution in [0.4, 0.5) is 0 Å². The summed E-state index contributed by atoms with van der Waals surface area (Å²) in [6, 6.07) is 0.149. The molecule has 1 atom stereocenters. The number of methoxy groups -OCH3 is 1. The lowest BCUT2D eigenvalue weighted by molar-refractivity contribution is -0.130. The lowest BCUT2D eigenvalue weighted by atomic mass is 10.1. The Kier molecular flexibility index (Phi) is 17.4. The van der Waals surface area contributed by atoms with Gasteiger partial charge in [0.25, 0.3) is 0 Å². The van der Waals surface area contributed by atoms with E-state index < -0.39 is 0 Å². The van der Waals surface area contributed by atoms with Crippen molar-refractivity contribution in [3.05, 3.63) is 12.2 Å². The van der Waals surface area contributed by atoms with Crippen LogP contribution in [0.15, 0.2) is 12.2 Å². The van der Waals surface area contributed by atoms with E-state index in [4.69, 9.17) is 4.74 Å². The van der Waals surface area contributed by atoms with Gasteiger partial charge in [0.15, 0.2) is 0 Å². The van der Waals surface area contributed by atoms with Crippen molar-refractivity contribution in [1.82, 2.24) is 4.90 Å². The van der Waals surface area contributed by atoms with E-state index in [1.54, 1.807) is 18.9 Å². The zero-order valence-corrected chi connectivity index (χ0v) is 17.4. The zero-order chi connectivity index (χ0) is 18.8. The number of carbonyl (C=O) groups is 1. The van der Waals surface area contributed by atoms with Gasteiger partial charge in [0.1, 0.15) is 0 Å². The Labute approximate surface area is 157 Å². The second-order valence-corrected chi connectivity index (χ2v) is 7.27. The van der Waals surface area contributed by atoms with Gasteiger partial charge in [-0.1, -0.05) is 83.3 Å². The largest absolute Gasteiger partial charge is 0.383 e. The molecule has 1 unspecified atom stereocenters.